The lowest BCUT2D eigenvalue weighted by Gasteiger charge is -2.07. The number of hydrogen-bond acceptors (Lipinski definition) is 3. The van der Waals surface area contributed by atoms with Gasteiger partial charge in [-0.15, -0.1) is 0 Å². The van der Waals surface area contributed by atoms with Crippen LogP contribution in [0, 0.1) is 0 Å². The van der Waals surface area contributed by atoms with Crippen LogP contribution >= 0.6 is 0 Å². The van der Waals surface area contributed by atoms with Gasteiger partial charge in [0, 0.05) is 5.56 Å². The number of hydrogen-bond donors (Lipinski definition) is 0. The smallest absolute Gasteiger partial charge is 0.340 e. The van der Waals surface area contributed by atoms with Crippen molar-refractivity contribution < 1.29 is 14.3 Å². The number of ether oxygens (including phenoxy) is 1. The second-order valence-corrected chi connectivity index (χ2v) is 5.74. The van der Waals surface area contributed by atoms with E-state index < -0.39 is 5.97 Å². The van der Waals surface area contributed by atoms with Gasteiger partial charge in [-0.1, -0.05) is 54.6 Å². The van der Waals surface area contributed by atoms with E-state index in [9.17, 15) is 9.59 Å². The molecular weight excluding hydrogens is 314 g/mol. The predicted octanol–water partition coefficient (Wildman–Crippen LogP) is 4.11. The molecule has 0 fully saturated rings. The number of nitrogens with zero attached hydrogens (tertiary/aromatic N) is 1. The van der Waals surface area contributed by atoms with Crippen LogP contribution in [-0.2, 0) is 4.74 Å². The number of carbonyl (C=O) groups is 2. The molecule has 0 spiro atoms. The number of benzene rings is 2. The van der Waals surface area contributed by atoms with Crippen LogP contribution in [0.1, 0.15) is 26.4 Å². The summed E-state index contributed by atoms with van der Waals surface area (Å²) in [5.41, 5.74) is 2.93. The van der Waals surface area contributed by atoms with Crippen LogP contribution in [0.25, 0.3) is 16.4 Å². The Morgan fingerprint density at radius 2 is 1.56 bits per heavy atom. The largest absolute Gasteiger partial charge is 0.465 e. The number of pyridine rings is 1. The van der Waals surface area contributed by atoms with Gasteiger partial charge in [0.15, 0.2) is 0 Å². The van der Waals surface area contributed by atoms with Crippen molar-refractivity contribution in [3.8, 4) is 0 Å². The number of carbonyl (C=O) groups excluding carboxylic acids is 2. The second kappa shape index (κ2) is 5.91. The van der Waals surface area contributed by atoms with Gasteiger partial charge in [-0.2, -0.15) is 0 Å². The normalized spacial score (nSPS) is 10.9. The van der Waals surface area contributed by atoms with Gasteiger partial charge in [0.05, 0.1) is 29.4 Å². The summed E-state index contributed by atoms with van der Waals surface area (Å²) in [5, 5.41) is 0.990. The zero-order valence-corrected chi connectivity index (χ0v) is 13.6. The highest BCUT2D eigenvalue weighted by molar-refractivity contribution is 6.12. The molecule has 0 N–H and O–H groups in total. The first-order chi connectivity index (χ1) is 12.2. The van der Waals surface area contributed by atoms with Gasteiger partial charge in [-0.05, 0) is 23.6 Å². The number of methoxy groups -OCH3 is 1. The van der Waals surface area contributed by atoms with Crippen molar-refractivity contribution in [1.29, 1.82) is 0 Å². The molecule has 0 aliphatic carbocycles. The Bertz CT molecular complexity index is 1110. The van der Waals surface area contributed by atoms with Gasteiger partial charge >= 0.3 is 5.97 Å². The first kappa shape index (κ1) is 15.1. The highest BCUT2D eigenvalue weighted by atomic mass is 16.5. The molecule has 0 aliphatic rings. The fourth-order valence-electron chi connectivity index (χ4n) is 3.13. The summed E-state index contributed by atoms with van der Waals surface area (Å²) in [4.78, 5) is 25.2. The molecule has 0 atom stereocenters. The van der Waals surface area contributed by atoms with E-state index in [1.54, 1.807) is 18.2 Å². The van der Waals surface area contributed by atoms with E-state index in [1.807, 2.05) is 59.0 Å². The van der Waals surface area contributed by atoms with E-state index >= 15 is 0 Å². The zero-order valence-electron chi connectivity index (χ0n) is 13.6. The Morgan fingerprint density at radius 1 is 0.840 bits per heavy atom. The van der Waals surface area contributed by atoms with Crippen molar-refractivity contribution in [1.82, 2.24) is 4.40 Å². The third-order valence-electron chi connectivity index (χ3n) is 4.31. The number of fused-ring (bicyclic) bond motifs is 3. The molecular formula is C21H15NO3. The van der Waals surface area contributed by atoms with Crippen LogP contribution in [0.5, 0.6) is 0 Å². The van der Waals surface area contributed by atoms with Crippen molar-refractivity contribution >= 4 is 28.2 Å². The highest BCUT2D eigenvalue weighted by Crippen LogP contribution is 2.26. The van der Waals surface area contributed by atoms with Crippen molar-refractivity contribution in [3.63, 3.8) is 0 Å². The summed E-state index contributed by atoms with van der Waals surface area (Å²) in [6.45, 7) is 0. The minimum absolute atomic E-state index is 0.137. The molecule has 25 heavy (non-hydrogen) atoms. The molecule has 122 valence electrons. The standard InChI is InChI=1S/C21H15NO3/c1-25-21(24)16-13-19(20(23)15-8-3-2-4-9-15)22-17-10-6-5-7-14(17)11-12-18(16)22/h2-13H,1H3. The Balaban J connectivity index is 2.07. The molecule has 0 saturated carbocycles. The molecule has 0 unspecified atom stereocenters. The van der Waals surface area contributed by atoms with E-state index in [0.717, 1.165) is 10.9 Å². The lowest BCUT2D eigenvalue weighted by atomic mass is 10.1. The fourth-order valence-corrected chi connectivity index (χ4v) is 3.13. The van der Waals surface area contributed by atoms with Crippen LogP contribution < -0.4 is 0 Å². The summed E-state index contributed by atoms with van der Waals surface area (Å²) >= 11 is 0. The monoisotopic (exact) mass is 329 g/mol. The average molecular weight is 329 g/mol. The molecule has 4 aromatic rings. The molecule has 4 nitrogen and oxygen atoms in total. The van der Waals surface area contributed by atoms with Crippen molar-refractivity contribution in [3.05, 3.63) is 89.6 Å². The van der Waals surface area contributed by atoms with E-state index in [2.05, 4.69) is 0 Å². The molecule has 2 aromatic heterocycles. The number of esters is 1. The maximum absolute atomic E-state index is 13.1. The van der Waals surface area contributed by atoms with Gasteiger partial charge in [-0.3, -0.25) is 4.79 Å². The molecule has 4 rings (SSSR count). The van der Waals surface area contributed by atoms with Crippen LogP contribution in [0.2, 0.25) is 0 Å². The SMILES string of the molecule is COC(=O)c1cc(C(=O)c2ccccc2)n2c1ccc1ccccc12. The molecule has 0 bridgehead atoms. The molecule has 0 radical (unpaired) electrons. The number of aromatic nitrogens is 1. The second-order valence-electron chi connectivity index (χ2n) is 5.74. The van der Waals surface area contributed by atoms with Gasteiger partial charge in [0.2, 0.25) is 5.78 Å². The summed E-state index contributed by atoms with van der Waals surface area (Å²) in [5.74, 6) is -0.595. The first-order valence-electron chi connectivity index (χ1n) is 7.92. The number of para-hydroxylation sites is 1. The van der Waals surface area contributed by atoms with Gasteiger partial charge < -0.3 is 9.14 Å². The van der Waals surface area contributed by atoms with Crippen LogP contribution in [0.3, 0.4) is 0 Å². The zero-order chi connectivity index (χ0) is 17.4. The molecule has 0 saturated heterocycles. The maximum Gasteiger partial charge on any atom is 0.340 e. The lowest BCUT2D eigenvalue weighted by Crippen LogP contribution is -2.05. The third kappa shape index (κ3) is 2.39. The number of rotatable bonds is 3. The summed E-state index contributed by atoms with van der Waals surface area (Å²) in [6.07, 6.45) is 0. The Labute approximate surface area is 144 Å². The highest BCUT2D eigenvalue weighted by Gasteiger charge is 2.22. The van der Waals surface area contributed by atoms with E-state index in [0.29, 0.717) is 22.3 Å². The minimum Gasteiger partial charge on any atom is -0.465 e. The van der Waals surface area contributed by atoms with Crippen molar-refractivity contribution in [2.45, 2.75) is 0 Å². The minimum atomic E-state index is -0.458. The Morgan fingerprint density at radius 3 is 2.32 bits per heavy atom. The summed E-state index contributed by atoms with van der Waals surface area (Å²) < 4.78 is 6.72. The maximum atomic E-state index is 13.1. The molecule has 2 heterocycles. The topological polar surface area (TPSA) is 47.8 Å². The van der Waals surface area contributed by atoms with Crippen molar-refractivity contribution in [2.75, 3.05) is 7.11 Å². The molecule has 0 aliphatic heterocycles. The fraction of sp³-hybridized carbons (Fsp3) is 0.0476. The predicted molar refractivity (Wildman–Crippen MR) is 96.1 cm³/mol. The Hall–Kier alpha value is -3.40. The van der Waals surface area contributed by atoms with Crippen LogP contribution in [0.15, 0.2) is 72.8 Å². The van der Waals surface area contributed by atoms with E-state index in [4.69, 9.17) is 4.74 Å². The summed E-state index contributed by atoms with van der Waals surface area (Å²) in [7, 11) is 1.34. The summed E-state index contributed by atoms with van der Waals surface area (Å²) in [6, 6.07) is 22.2. The van der Waals surface area contributed by atoms with Crippen molar-refractivity contribution in [2.24, 2.45) is 0 Å². The van der Waals surface area contributed by atoms with Gasteiger partial charge in [-0.25, -0.2) is 4.79 Å². The van der Waals surface area contributed by atoms with E-state index in [1.165, 1.54) is 7.11 Å². The molecule has 4 heteroatoms. The lowest BCUT2D eigenvalue weighted by molar-refractivity contribution is 0.0603. The van der Waals surface area contributed by atoms with Crippen LogP contribution in [0.4, 0.5) is 0 Å². The number of ketones is 1. The van der Waals surface area contributed by atoms with Crippen LogP contribution in [-0.4, -0.2) is 23.3 Å². The molecule has 2 aromatic carbocycles. The average Bonchev–Trinajstić information content (AvgIpc) is 3.07. The van der Waals surface area contributed by atoms with Gasteiger partial charge in [0.1, 0.15) is 0 Å². The third-order valence-corrected chi connectivity index (χ3v) is 4.31. The molecule has 0 amide bonds. The van der Waals surface area contributed by atoms with Gasteiger partial charge in [0.25, 0.3) is 0 Å². The van der Waals surface area contributed by atoms with E-state index in [-0.39, 0.29) is 5.78 Å². The quantitative estimate of drug-likeness (QED) is 0.420. The first-order valence-corrected chi connectivity index (χ1v) is 7.92. The Kier molecular flexibility index (Phi) is 3.58.